The first kappa shape index (κ1) is 66.6. The fourth-order valence-corrected chi connectivity index (χ4v) is 10.6. The number of amides is 2. The number of nitrogens with one attached hydrogen (secondary N) is 5. The number of anilines is 5. The van der Waals surface area contributed by atoms with Gasteiger partial charge in [-0.3, -0.25) is 0 Å². The number of alkyl carbamates (subject to hydrolysis) is 2. The van der Waals surface area contributed by atoms with Crippen molar-refractivity contribution < 1.29 is 46.9 Å². The lowest BCUT2D eigenvalue weighted by Crippen LogP contribution is -2.48. The van der Waals surface area contributed by atoms with Crippen molar-refractivity contribution >= 4 is 69.1 Å². The van der Waals surface area contributed by atoms with E-state index in [-0.39, 0.29) is 54.3 Å². The van der Waals surface area contributed by atoms with Crippen molar-refractivity contribution in [2.75, 3.05) is 78.1 Å². The lowest BCUT2D eigenvalue weighted by molar-refractivity contribution is -0.158. The number of nitrogens with two attached hydrogens (primary N) is 1. The Morgan fingerprint density at radius 3 is 1.52 bits per heavy atom. The summed E-state index contributed by atoms with van der Waals surface area (Å²) in [6.07, 6.45) is 9.14. The molecular formula is C64H81BrF2N14O8. The molecule has 0 spiro atoms. The van der Waals surface area contributed by atoms with E-state index in [9.17, 15) is 23.6 Å². The van der Waals surface area contributed by atoms with Crippen LogP contribution in [0, 0.1) is 11.6 Å². The Labute approximate surface area is 526 Å². The van der Waals surface area contributed by atoms with Crippen molar-refractivity contribution in [1.29, 1.82) is 0 Å². The minimum Gasteiger partial charge on any atom is -0.458 e. The van der Waals surface area contributed by atoms with E-state index in [1.165, 1.54) is 30.2 Å². The zero-order chi connectivity index (χ0) is 63.5. The highest BCUT2D eigenvalue weighted by atomic mass is 79.9. The lowest BCUT2D eigenvalue weighted by Gasteiger charge is -2.33. The number of benzene rings is 2. The molecule has 6 aromatic rings. The van der Waals surface area contributed by atoms with Crippen LogP contribution in [0.4, 0.5) is 47.5 Å². The highest BCUT2D eigenvalue weighted by molar-refractivity contribution is 9.10. The fourth-order valence-electron chi connectivity index (χ4n) is 10.3. The maximum atomic E-state index is 15.7. The fraction of sp³-hybridized carbons (Fsp3) is 0.469. The summed E-state index contributed by atoms with van der Waals surface area (Å²) in [6, 6.07) is 25.0. The van der Waals surface area contributed by atoms with E-state index in [0.29, 0.717) is 24.8 Å². The standard InChI is InChI=1S/C32H40FN7O4.C17H19BrFN5.C15H22N2O4/c1-32(2,3)44-30(41)25(39-31(42)43-19-21-8-5-4-6-9-21)18-35-28-26(33)29(37-20-36-28)40-16-13-22(14-17-40)24-12-11-23-10-7-15-34-27(23)38-24;18-15-14(19)17(22-10-21-15)24-8-5-11(6-9-24)13-4-3-12-2-1-7-20-16(12)23-13;1-15(2,3)21-13(18)12(9-16)17-14(19)20-10-11-7-5-4-6-8-11/h4-6,8-9,11-12,20,22,25H,7,10,13-19H2,1-3H3,(H,34,38)(H,39,42)(H,35,36,37);3-4,10-11H,1-2,5-9H2,(H,20,23);4-8,12H,9-10,16H2,1-3H3,(H,17,19)/t25-;;12-/m0.0/s1. The lowest BCUT2D eigenvalue weighted by atomic mass is 9.92. The first-order chi connectivity index (χ1) is 42.7. The minimum atomic E-state index is -1.16. The topological polar surface area (TPSA) is 275 Å². The SMILES string of the molecule is CC(C)(C)OC(=O)[C@H](CN)NC(=O)OCc1ccccc1.CC(C)(C)OC(=O)[C@H](CNc1ncnc(N2CCC(c3ccc4c(n3)NCCC4)CC2)c1F)NC(=O)OCc1ccccc1.Fc1c(Br)ncnc1N1CCC(c2ccc3c(n2)NCCC3)CC1. The number of pyridine rings is 2. The Kier molecular flexibility index (Phi) is 23.8. The normalized spacial score (nSPS) is 15.7. The second-order valence-corrected chi connectivity index (χ2v) is 24.7. The van der Waals surface area contributed by atoms with E-state index in [2.05, 4.69) is 86.7 Å². The second-order valence-electron chi connectivity index (χ2n) is 23.9. The predicted octanol–water partition coefficient (Wildman–Crippen LogP) is 9.90. The maximum absolute atomic E-state index is 15.7. The Morgan fingerprint density at radius 2 is 1.06 bits per heavy atom. The summed E-state index contributed by atoms with van der Waals surface area (Å²) in [5, 5.41) is 14.6. The smallest absolute Gasteiger partial charge is 0.408 e. The number of rotatable bonds is 16. The molecule has 0 saturated carbocycles. The number of fused-ring (bicyclic) bond motifs is 2. The van der Waals surface area contributed by atoms with Gasteiger partial charge in [0.15, 0.2) is 23.3 Å². The molecule has 0 bridgehead atoms. The number of aromatic nitrogens is 6. The molecular weight excluding hydrogens is 1210 g/mol. The van der Waals surface area contributed by atoms with E-state index in [1.807, 2.05) is 70.5 Å². The van der Waals surface area contributed by atoms with Crippen LogP contribution in [0.3, 0.4) is 0 Å². The van der Waals surface area contributed by atoms with Gasteiger partial charge in [-0.25, -0.2) is 49.1 Å². The molecule has 0 radical (unpaired) electrons. The average Bonchev–Trinajstić information content (AvgIpc) is 3.46. The molecule has 0 unspecified atom stereocenters. The van der Waals surface area contributed by atoms with Crippen molar-refractivity contribution in [3.63, 3.8) is 0 Å². The van der Waals surface area contributed by atoms with Crippen molar-refractivity contribution in [1.82, 2.24) is 40.5 Å². The van der Waals surface area contributed by atoms with Gasteiger partial charge in [-0.2, -0.15) is 8.78 Å². The van der Waals surface area contributed by atoms with E-state index in [1.54, 1.807) is 41.5 Å². The third kappa shape index (κ3) is 20.1. The number of ether oxygens (including phenoxy) is 4. The van der Waals surface area contributed by atoms with Gasteiger partial charge in [-0.1, -0.05) is 72.8 Å². The van der Waals surface area contributed by atoms with Crippen molar-refractivity contribution in [3.05, 3.63) is 147 Å². The van der Waals surface area contributed by atoms with Crippen LogP contribution in [0.25, 0.3) is 0 Å². The number of aryl methyl sites for hydroxylation is 2. The molecule has 4 aliphatic rings. The highest BCUT2D eigenvalue weighted by Gasteiger charge is 2.32. The van der Waals surface area contributed by atoms with Crippen molar-refractivity contribution in [2.45, 2.75) is 141 Å². The number of piperidine rings is 2. The van der Waals surface area contributed by atoms with Gasteiger partial charge in [0, 0.05) is 75.6 Å². The van der Waals surface area contributed by atoms with Gasteiger partial charge in [0.05, 0.1) is 0 Å². The van der Waals surface area contributed by atoms with E-state index >= 15 is 4.39 Å². The van der Waals surface area contributed by atoms with E-state index < -0.39 is 53.2 Å². The first-order valence-corrected chi connectivity index (χ1v) is 31.0. The Balaban J connectivity index is 0.000000191. The summed E-state index contributed by atoms with van der Waals surface area (Å²) in [5.74, 6) is 0.945. The van der Waals surface area contributed by atoms with Crippen LogP contribution in [0.5, 0.6) is 0 Å². The molecule has 2 saturated heterocycles. The summed E-state index contributed by atoms with van der Waals surface area (Å²) in [5.41, 5.74) is 10.5. The summed E-state index contributed by atoms with van der Waals surface area (Å²) in [7, 11) is 0. The number of hydrogen-bond donors (Lipinski definition) is 6. The number of carbonyl (C=O) groups is 4. The van der Waals surface area contributed by atoms with Gasteiger partial charge in [0.1, 0.15) is 65.4 Å². The molecule has 476 valence electrons. The van der Waals surface area contributed by atoms with Crippen LogP contribution >= 0.6 is 15.9 Å². The molecule has 4 aromatic heterocycles. The molecule has 89 heavy (non-hydrogen) atoms. The number of carbonyl (C=O) groups excluding carboxylic acids is 4. The maximum Gasteiger partial charge on any atom is 0.408 e. The van der Waals surface area contributed by atoms with Crippen molar-refractivity contribution in [2.24, 2.45) is 5.73 Å². The molecule has 2 amide bonds. The van der Waals surface area contributed by atoms with Gasteiger partial charge in [0.25, 0.3) is 0 Å². The summed E-state index contributed by atoms with van der Waals surface area (Å²) in [6.45, 7) is 15.0. The van der Waals surface area contributed by atoms with Crippen LogP contribution in [0.2, 0.25) is 0 Å². The van der Waals surface area contributed by atoms with E-state index in [4.69, 9.17) is 34.6 Å². The van der Waals surface area contributed by atoms with Gasteiger partial charge < -0.3 is 61.1 Å². The Bertz CT molecular complexity index is 3310. The van der Waals surface area contributed by atoms with Crippen LogP contribution in [0.15, 0.2) is 102 Å². The summed E-state index contributed by atoms with van der Waals surface area (Å²) in [4.78, 5) is 78.8. The Morgan fingerprint density at radius 1 is 0.618 bits per heavy atom. The summed E-state index contributed by atoms with van der Waals surface area (Å²) < 4.78 is 51.0. The Hall–Kier alpha value is -8.32. The average molecular weight is 1290 g/mol. The van der Waals surface area contributed by atoms with Gasteiger partial charge in [-0.15, -0.1) is 0 Å². The largest absolute Gasteiger partial charge is 0.458 e. The minimum absolute atomic E-state index is 0.0289. The zero-order valence-electron chi connectivity index (χ0n) is 51.3. The van der Waals surface area contributed by atoms with Crippen LogP contribution < -0.4 is 42.1 Å². The number of nitrogens with zero attached hydrogens (tertiary/aromatic N) is 8. The molecule has 7 N–H and O–H groups in total. The number of hydrogen-bond acceptors (Lipinski definition) is 20. The van der Waals surface area contributed by atoms with Gasteiger partial charge >= 0.3 is 24.1 Å². The zero-order valence-corrected chi connectivity index (χ0v) is 52.9. The number of esters is 2. The van der Waals surface area contributed by atoms with Crippen molar-refractivity contribution in [3.8, 4) is 0 Å². The second kappa shape index (κ2) is 31.7. The van der Waals surface area contributed by atoms with Crippen LogP contribution in [-0.4, -0.2) is 130 Å². The third-order valence-corrected chi connectivity index (χ3v) is 15.4. The molecule has 0 aliphatic carbocycles. The molecule has 10 rings (SSSR count). The van der Waals surface area contributed by atoms with Gasteiger partial charge in [-0.05, 0) is 143 Å². The monoisotopic (exact) mass is 1290 g/mol. The molecule has 2 aromatic carbocycles. The van der Waals surface area contributed by atoms with Crippen LogP contribution in [0.1, 0.15) is 126 Å². The molecule has 4 aliphatic heterocycles. The summed E-state index contributed by atoms with van der Waals surface area (Å²) >= 11 is 3.13. The first-order valence-electron chi connectivity index (χ1n) is 30.2. The molecule has 22 nitrogen and oxygen atoms in total. The van der Waals surface area contributed by atoms with Crippen LogP contribution in [-0.2, 0) is 54.6 Å². The molecule has 2 fully saturated rings. The molecule has 2 atom stereocenters. The predicted molar refractivity (Wildman–Crippen MR) is 338 cm³/mol. The molecule has 8 heterocycles. The molecule has 25 heteroatoms. The number of halogens is 3. The van der Waals surface area contributed by atoms with E-state index in [0.717, 1.165) is 105 Å². The highest BCUT2D eigenvalue weighted by Crippen LogP contribution is 2.35. The third-order valence-electron chi connectivity index (χ3n) is 14.9. The van der Waals surface area contributed by atoms with Gasteiger partial charge in [0.2, 0.25) is 5.82 Å². The quantitative estimate of drug-likeness (QED) is 0.0299.